The van der Waals surface area contributed by atoms with Crippen molar-refractivity contribution in [1.82, 2.24) is 0 Å². The van der Waals surface area contributed by atoms with Crippen LogP contribution >= 0.6 is 39.3 Å². The molecule has 1 aliphatic rings. The normalized spacial score (nSPS) is 22.8. The van der Waals surface area contributed by atoms with Crippen molar-refractivity contribution >= 4 is 45.0 Å². The Morgan fingerprint density at radius 2 is 2.17 bits per heavy atom. The van der Waals surface area contributed by atoms with Crippen molar-refractivity contribution < 1.29 is 0 Å². The van der Waals surface area contributed by atoms with Crippen LogP contribution in [0.15, 0.2) is 16.6 Å². The van der Waals surface area contributed by atoms with Gasteiger partial charge < -0.3 is 5.32 Å². The van der Waals surface area contributed by atoms with Crippen molar-refractivity contribution in [3.8, 4) is 0 Å². The van der Waals surface area contributed by atoms with E-state index < -0.39 is 0 Å². The van der Waals surface area contributed by atoms with Gasteiger partial charge in [-0.1, -0.05) is 25.4 Å². The molecule has 1 unspecified atom stereocenters. The van der Waals surface area contributed by atoms with Gasteiger partial charge in [-0.3, -0.25) is 0 Å². The number of rotatable bonds is 2. The van der Waals surface area contributed by atoms with Gasteiger partial charge in [0.25, 0.3) is 0 Å². The number of benzene rings is 1. The molecule has 1 saturated heterocycles. The summed E-state index contributed by atoms with van der Waals surface area (Å²) in [5.74, 6) is 2.42. The number of thioether (sulfide) groups is 1. The van der Waals surface area contributed by atoms with Gasteiger partial charge in [0, 0.05) is 21.3 Å². The van der Waals surface area contributed by atoms with E-state index in [2.05, 4.69) is 41.2 Å². The van der Waals surface area contributed by atoms with Crippen LogP contribution < -0.4 is 5.32 Å². The van der Waals surface area contributed by atoms with Gasteiger partial charge in [-0.2, -0.15) is 11.8 Å². The van der Waals surface area contributed by atoms with Crippen LogP contribution in [0.2, 0.25) is 5.02 Å². The van der Waals surface area contributed by atoms with E-state index in [1.807, 2.05) is 24.8 Å². The number of nitrogens with one attached hydrogen (secondary N) is 1. The minimum absolute atomic E-state index is 0.335. The Morgan fingerprint density at radius 1 is 1.44 bits per heavy atom. The molecule has 1 fully saturated rings. The van der Waals surface area contributed by atoms with Crippen LogP contribution in [0.25, 0.3) is 0 Å². The van der Waals surface area contributed by atoms with Gasteiger partial charge in [0.05, 0.1) is 5.69 Å². The Kier molecular flexibility index (Phi) is 4.56. The SMILES string of the molecule is Cc1cc(Br)c(NC2CSCCC2(C)C)cc1Cl. The van der Waals surface area contributed by atoms with Gasteiger partial charge in [0.2, 0.25) is 0 Å². The van der Waals surface area contributed by atoms with E-state index in [0.29, 0.717) is 11.5 Å². The zero-order chi connectivity index (χ0) is 13.3. The largest absolute Gasteiger partial charge is 0.380 e. The van der Waals surface area contributed by atoms with E-state index in [1.54, 1.807) is 0 Å². The molecule has 1 N–H and O–H groups in total. The van der Waals surface area contributed by atoms with Crippen LogP contribution in [0.3, 0.4) is 0 Å². The average Bonchev–Trinajstić information content (AvgIpc) is 2.28. The Hall–Kier alpha value is 0.140. The third-order valence-corrected chi connectivity index (χ3v) is 5.82. The maximum atomic E-state index is 6.21. The maximum absolute atomic E-state index is 6.21. The second-order valence-electron chi connectivity index (χ2n) is 5.59. The number of hydrogen-bond donors (Lipinski definition) is 1. The van der Waals surface area contributed by atoms with Crippen LogP contribution in [-0.2, 0) is 0 Å². The van der Waals surface area contributed by atoms with Gasteiger partial charge in [-0.15, -0.1) is 0 Å². The van der Waals surface area contributed by atoms with Crippen LogP contribution in [0.1, 0.15) is 25.8 Å². The maximum Gasteiger partial charge on any atom is 0.0502 e. The molecule has 0 spiro atoms. The van der Waals surface area contributed by atoms with Crippen molar-refractivity contribution in [3.63, 3.8) is 0 Å². The molecule has 0 aromatic heterocycles. The number of aryl methyl sites for hydroxylation is 1. The molecular formula is C14H19BrClNS. The first-order chi connectivity index (χ1) is 8.40. The first kappa shape index (κ1) is 14.5. The molecule has 1 aromatic carbocycles. The monoisotopic (exact) mass is 347 g/mol. The highest BCUT2D eigenvalue weighted by molar-refractivity contribution is 9.10. The predicted octanol–water partition coefficient (Wildman–Crippen LogP) is 5.35. The topological polar surface area (TPSA) is 12.0 Å². The van der Waals surface area contributed by atoms with Crippen LogP contribution in [0.4, 0.5) is 5.69 Å². The summed E-state index contributed by atoms with van der Waals surface area (Å²) in [5, 5.41) is 4.48. The summed E-state index contributed by atoms with van der Waals surface area (Å²) in [4.78, 5) is 0. The number of halogens is 2. The van der Waals surface area contributed by atoms with E-state index in [0.717, 1.165) is 26.5 Å². The highest BCUT2D eigenvalue weighted by Crippen LogP contribution is 2.38. The van der Waals surface area contributed by atoms with Crippen molar-refractivity contribution in [2.75, 3.05) is 16.8 Å². The Balaban J connectivity index is 2.20. The summed E-state index contributed by atoms with van der Waals surface area (Å²) < 4.78 is 1.09. The molecule has 0 radical (unpaired) electrons. The zero-order valence-corrected chi connectivity index (χ0v) is 14.2. The van der Waals surface area contributed by atoms with E-state index in [1.165, 1.54) is 12.2 Å². The summed E-state index contributed by atoms with van der Waals surface area (Å²) in [7, 11) is 0. The van der Waals surface area contributed by atoms with Crippen LogP contribution in [-0.4, -0.2) is 17.5 Å². The molecule has 18 heavy (non-hydrogen) atoms. The molecule has 0 saturated carbocycles. The second kappa shape index (κ2) is 5.64. The lowest BCUT2D eigenvalue weighted by molar-refractivity contribution is 0.305. The third-order valence-electron chi connectivity index (χ3n) is 3.70. The molecule has 100 valence electrons. The van der Waals surface area contributed by atoms with Gasteiger partial charge in [0.1, 0.15) is 0 Å². The third kappa shape index (κ3) is 3.17. The molecule has 1 atom stereocenters. The first-order valence-corrected chi connectivity index (χ1v) is 8.52. The predicted molar refractivity (Wildman–Crippen MR) is 87.0 cm³/mol. The molecule has 2 rings (SSSR count). The van der Waals surface area contributed by atoms with E-state index in [-0.39, 0.29) is 0 Å². The van der Waals surface area contributed by atoms with Gasteiger partial charge >= 0.3 is 0 Å². The highest BCUT2D eigenvalue weighted by Gasteiger charge is 2.32. The minimum Gasteiger partial charge on any atom is -0.380 e. The quantitative estimate of drug-likeness (QED) is 0.772. The summed E-state index contributed by atoms with van der Waals surface area (Å²) in [6.07, 6.45) is 1.26. The van der Waals surface area contributed by atoms with E-state index >= 15 is 0 Å². The van der Waals surface area contributed by atoms with Gasteiger partial charge in [-0.25, -0.2) is 0 Å². The smallest absolute Gasteiger partial charge is 0.0502 e. The highest BCUT2D eigenvalue weighted by atomic mass is 79.9. The average molecular weight is 349 g/mol. The molecule has 0 aliphatic carbocycles. The van der Waals surface area contributed by atoms with Crippen molar-refractivity contribution in [3.05, 3.63) is 27.2 Å². The molecule has 1 heterocycles. The second-order valence-corrected chi connectivity index (χ2v) is 8.00. The first-order valence-electron chi connectivity index (χ1n) is 6.20. The molecule has 0 bridgehead atoms. The fourth-order valence-electron chi connectivity index (χ4n) is 2.12. The van der Waals surface area contributed by atoms with E-state index in [9.17, 15) is 0 Å². The van der Waals surface area contributed by atoms with Crippen molar-refractivity contribution in [2.45, 2.75) is 33.2 Å². The minimum atomic E-state index is 0.335. The fraction of sp³-hybridized carbons (Fsp3) is 0.571. The lowest BCUT2D eigenvalue weighted by atomic mass is 9.82. The van der Waals surface area contributed by atoms with Crippen molar-refractivity contribution in [1.29, 1.82) is 0 Å². The molecule has 1 aliphatic heterocycles. The standard InChI is InChI=1S/C14H19BrClNS/c1-9-6-10(15)12(7-11(9)16)17-13-8-18-5-4-14(13,2)3/h6-7,13,17H,4-5,8H2,1-3H3. The fourth-order valence-corrected chi connectivity index (χ4v) is 4.46. The zero-order valence-electron chi connectivity index (χ0n) is 11.0. The lowest BCUT2D eigenvalue weighted by Crippen LogP contribution is -2.41. The number of anilines is 1. The molecule has 4 heteroatoms. The molecule has 1 aromatic rings. The molecular weight excluding hydrogens is 330 g/mol. The summed E-state index contributed by atoms with van der Waals surface area (Å²) in [6.45, 7) is 6.71. The Labute approximate surface area is 127 Å². The lowest BCUT2D eigenvalue weighted by Gasteiger charge is -2.39. The summed E-state index contributed by atoms with van der Waals surface area (Å²) in [6, 6.07) is 4.59. The summed E-state index contributed by atoms with van der Waals surface area (Å²) >= 11 is 11.9. The van der Waals surface area contributed by atoms with Crippen molar-refractivity contribution in [2.24, 2.45) is 5.41 Å². The number of hydrogen-bond acceptors (Lipinski definition) is 2. The van der Waals surface area contributed by atoms with Gasteiger partial charge in [-0.05, 0) is 58.1 Å². The molecule has 0 amide bonds. The summed E-state index contributed by atoms with van der Waals surface area (Å²) in [5.41, 5.74) is 2.54. The Bertz CT molecular complexity index is 448. The van der Waals surface area contributed by atoms with Gasteiger partial charge in [0.15, 0.2) is 0 Å². The van der Waals surface area contributed by atoms with Crippen LogP contribution in [0.5, 0.6) is 0 Å². The molecule has 1 nitrogen and oxygen atoms in total. The van der Waals surface area contributed by atoms with Crippen LogP contribution in [0, 0.1) is 12.3 Å². The Morgan fingerprint density at radius 3 is 2.83 bits per heavy atom. The van der Waals surface area contributed by atoms with E-state index in [4.69, 9.17) is 11.6 Å².